The van der Waals surface area contributed by atoms with E-state index in [1.807, 2.05) is 0 Å². The summed E-state index contributed by atoms with van der Waals surface area (Å²) in [6.45, 7) is 1.76. The van der Waals surface area contributed by atoms with Gasteiger partial charge in [-0.3, -0.25) is 14.2 Å². The number of halogens is 1. The zero-order chi connectivity index (χ0) is 22.1. The Morgan fingerprint density at radius 1 is 1.13 bits per heavy atom. The van der Waals surface area contributed by atoms with Crippen LogP contribution in [0.25, 0.3) is 16.9 Å². The second kappa shape index (κ2) is 8.23. The number of aromatic nitrogens is 4. The fourth-order valence-electron chi connectivity index (χ4n) is 3.47. The molecule has 0 unspecified atom stereocenters. The molecule has 158 valence electrons. The van der Waals surface area contributed by atoms with Gasteiger partial charge in [-0.25, -0.2) is 14.3 Å². The Balaban J connectivity index is 1.89. The van der Waals surface area contributed by atoms with Gasteiger partial charge in [0.25, 0.3) is 5.56 Å². The maximum Gasteiger partial charge on any atom is 0.337 e. The van der Waals surface area contributed by atoms with E-state index in [9.17, 15) is 14.4 Å². The highest BCUT2D eigenvalue weighted by Gasteiger charge is 2.20. The number of rotatable bonds is 6. The Morgan fingerprint density at radius 3 is 2.61 bits per heavy atom. The van der Waals surface area contributed by atoms with Crippen molar-refractivity contribution in [2.24, 2.45) is 0 Å². The maximum atomic E-state index is 13.1. The molecule has 0 saturated carbocycles. The Kier molecular flexibility index (Phi) is 5.48. The molecular weight excluding hydrogens is 420 g/mol. The number of imidazole rings is 1. The fourth-order valence-corrected chi connectivity index (χ4v) is 3.65. The van der Waals surface area contributed by atoms with Crippen LogP contribution in [0.5, 0.6) is 5.75 Å². The number of benzene rings is 2. The number of nitrogens with zero attached hydrogens (tertiary/aromatic N) is 4. The van der Waals surface area contributed by atoms with Gasteiger partial charge in [0.05, 0.1) is 25.7 Å². The van der Waals surface area contributed by atoms with Crippen LogP contribution in [0.3, 0.4) is 0 Å². The van der Waals surface area contributed by atoms with E-state index >= 15 is 0 Å². The summed E-state index contributed by atoms with van der Waals surface area (Å²) in [6.07, 6.45) is 1.39. The number of ketones is 1. The van der Waals surface area contributed by atoms with Crippen LogP contribution in [0.15, 0.2) is 64.4 Å². The number of methoxy groups -OCH3 is 1. The molecule has 0 aliphatic rings. The highest BCUT2D eigenvalue weighted by atomic mass is 35.5. The lowest BCUT2D eigenvalue weighted by atomic mass is 10.1. The molecule has 2 aromatic heterocycles. The van der Waals surface area contributed by atoms with E-state index in [2.05, 4.69) is 4.98 Å². The van der Waals surface area contributed by atoms with Crippen molar-refractivity contribution >= 4 is 28.5 Å². The van der Waals surface area contributed by atoms with Crippen molar-refractivity contribution in [1.29, 1.82) is 0 Å². The minimum Gasteiger partial charge on any atom is -0.497 e. The normalized spacial score (nSPS) is 11.1. The van der Waals surface area contributed by atoms with Gasteiger partial charge in [0, 0.05) is 17.1 Å². The number of Topliss-reactive ketones (excluding diaryl/α,β-unsaturated/α-hetero) is 1. The van der Waals surface area contributed by atoms with E-state index in [4.69, 9.17) is 16.3 Å². The van der Waals surface area contributed by atoms with Gasteiger partial charge in [0.15, 0.2) is 16.9 Å². The summed E-state index contributed by atoms with van der Waals surface area (Å²) in [5.41, 5.74) is 0.232. The highest BCUT2D eigenvalue weighted by molar-refractivity contribution is 6.30. The van der Waals surface area contributed by atoms with Crippen molar-refractivity contribution in [3.05, 3.63) is 86.3 Å². The molecular formula is C22H19ClN4O4. The van der Waals surface area contributed by atoms with Crippen LogP contribution in [0, 0.1) is 0 Å². The predicted octanol–water partition coefficient (Wildman–Crippen LogP) is 2.91. The number of carbonyl (C=O) groups excluding carboxylic acids is 1. The number of ether oxygens (including phenoxy) is 1. The largest absolute Gasteiger partial charge is 0.497 e. The van der Waals surface area contributed by atoms with Crippen LogP contribution < -0.4 is 16.0 Å². The molecule has 2 heterocycles. The first-order valence-electron chi connectivity index (χ1n) is 9.58. The summed E-state index contributed by atoms with van der Waals surface area (Å²) < 4.78 is 9.08. The van der Waals surface area contributed by atoms with Crippen molar-refractivity contribution in [3.8, 4) is 11.4 Å². The smallest absolute Gasteiger partial charge is 0.337 e. The molecule has 0 aliphatic heterocycles. The quantitative estimate of drug-likeness (QED) is 0.432. The molecule has 9 heteroatoms. The lowest BCUT2D eigenvalue weighted by molar-refractivity contribution is 0.0973. The van der Waals surface area contributed by atoms with E-state index in [-0.39, 0.29) is 30.0 Å². The van der Waals surface area contributed by atoms with Crippen molar-refractivity contribution in [2.45, 2.75) is 20.0 Å². The summed E-state index contributed by atoms with van der Waals surface area (Å²) in [7, 11) is 1.52. The minimum absolute atomic E-state index is 0.115. The van der Waals surface area contributed by atoms with Crippen LogP contribution in [-0.2, 0) is 13.1 Å². The standard InChI is InChI=1S/C22H19ClN4O4/c1-3-26-21(29)19-20(27(22(26)30)16-8-5-7-15(23)11-16)24-13-25(19)12-18(28)14-6-4-9-17(10-14)31-2/h4-11,13H,3,12H2,1-2H3. The van der Waals surface area contributed by atoms with Gasteiger partial charge in [0.1, 0.15) is 5.75 Å². The summed E-state index contributed by atoms with van der Waals surface area (Å²) >= 11 is 6.11. The first kappa shape index (κ1) is 20.6. The van der Waals surface area contributed by atoms with Gasteiger partial charge in [-0.05, 0) is 37.3 Å². The molecule has 0 spiro atoms. The second-order valence-electron chi connectivity index (χ2n) is 6.85. The highest BCUT2D eigenvalue weighted by Crippen LogP contribution is 2.18. The second-order valence-corrected chi connectivity index (χ2v) is 7.28. The van der Waals surface area contributed by atoms with Gasteiger partial charge in [-0.2, -0.15) is 0 Å². The third-order valence-electron chi connectivity index (χ3n) is 4.99. The molecule has 2 aromatic carbocycles. The van der Waals surface area contributed by atoms with Crippen molar-refractivity contribution in [1.82, 2.24) is 18.7 Å². The number of carbonyl (C=O) groups is 1. The zero-order valence-electron chi connectivity index (χ0n) is 16.9. The van der Waals surface area contributed by atoms with Gasteiger partial charge < -0.3 is 9.30 Å². The Bertz CT molecular complexity index is 1420. The molecule has 0 amide bonds. The minimum atomic E-state index is -0.522. The third-order valence-corrected chi connectivity index (χ3v) is 5.22. The fraction of sp³-hybridized carbons (Fsp3) is 0.182. The lowest BCUT2D eigenvalue weighted by Gasteiger charge is -2.12. The molecule has 4 rings (SSSR count). The molecule has 4 aromatic rings. The summed E-state index contributed by atoms with van der Waals surface area (Å²) in [6, 6.07) is 13.5. The average molecular weight is 439 g/mol. The van der Waals surface area contributed by atoms with Gasteiger partial charge >= 0.3 is 5.69 Å². The Hall–Kier alpha value is -3.65. The van der Waals surface area contributed by atoms with Crippen molar-refractivity contribution < 1.29 is 9.53 Å². The molecule has 0 N–H and O–H groups in total. The lowest BCUT2D eigenvalue weighted by Crippen LogP contribution is -2.39. The van der Waals surface area contributed by atoms with Crippen molar-refractivity contribution in [3.63, 3.8) is 0 Å². The van der Waals surface area contributed by atoms with Crippen LogP contribution in [0.1, 0.15) is 17.3 Å². The van der Waals surface area contributed by atoms with Crippen LogP contribution >= 0.6 is 11.6 Å². The number of hydrogen-bond donors (Lipinski definition) is 0. The zero-order valence-corrected chi connectivity index (χ0v) is 17.7. The van der Waals surface area contributed by atoms with Crippen LogP contribution in [-0.4, -0.2) is 31.6 Å². The van der Waals surface area contributed by atoms with Crippen molar-refractivity contribution in [2.75, 3.05) is 7.11 Å². The van der Waals surface area contributed by atoms with E-state index < -0.39 is 11.2 Å². The molecule has 0 saturated heterocycles. The molecule has 0 bridgehead atoms. The molecule has 31 heavy (non-hydrogen) atoms. The molecule has 0 fully saturated rings. The van der Waals surface area contributed by atoms with Gasteiger partial charge in [-0.15, -0.1) is 0 Å². The molecule has 0 radical (unpaired) electrons. The maximum absolute atomic E-state index is 13.1. The third kappa shape index (κ3) is 3.66. The average Bonchev–Trinajstić information content (AvgIpc) is 3.17. The number of hydrogen-bond acceptors (Lipinski definition) is 5. The van der Waals surface area contributed by atoms with Crippen LogP contribution in [0.2, 0.25) is 5.02 Å². The first-order chi connectivity index (χ1) is 14.9. The summed E-state index contributed by atoms with van der Waals surface area (Å²) in [5, 5.41) is 0.444. The SMILES string of the molecule is CCn1c(=O)c2c(ncn2CC(=O)c2cccc(OC)c2)n(-c2cccc(Cl)c2)c1=O. The molecule has 0 aliphatic carbocycles. The van der Waals surface area contributed by atoms with Gasteiger partial charge in [0.2, 0.25) is 0 Å². The van der Waals surface area contributed by atoms with Crippen LogP contribution in [0.4, 0.5) is 0 Å². The molecule has 8 nitrogen and oxygen atoms in total. The number of fused-ring (bicyclic) bond motifs is 1. The van der Waals surface area contributed by atoms with E-state index in [0.29, 0.717) is 22.0 Å². The predicted molar refractivity (Wildman–Crippen MR) is 118 cm³/mol. The van der Waals surface area contributed by atoms with E-state index in [0.717, 1.165) is 4.57 Å². The topological polar surface area (TPSA) is 88.1 Å². The summed E-state index contributed by atoms with van der Waals surface area (Å²) in [4.78, 5) is 43.2. The Labute approximate surface area is 181 Å². The monoisotopic (exact) mass is 438 g/mol. The van der Waals surface area contributed by atoms with Gasteiger partial charge in [-0.1, -0.05) is 29.8 Å². The van der Waals surface area contributed by atoms with E-state index in [1.54, 1.807) is 55.5 Å². The first-order valence-corrected chi connectivity index (χ1v) is 9.96. The summed E-state index contributed by atoms with van der Waals surface area (Å²) in [5.74, 6) is 0.339. The Morgan fingerprint density at radius 2 is 1.90 bits per heavy atom. The van der Waals surface area contributed by atoms with E-state index in [1.165, 1.54) is 22.6 Å². The molecule has 0 atom stereocenters.